The third-order valence-electron chi connectivity index (χ3n) is 0.240. The summed E-state index contributed by atoms with van der Waals surface area (Å²) in [7, 11) is 0. The second-order valence-corrected chi connectivity index (χ2v) is 0.720. The Kier molecular flexibility index (Phi) is 11.4. The van der Waals surface area contributed by atoms with Crippen molar-refractivity contribution in [1.82, 2.24) is 0 Å². The van der Waals surface area contributed by atoms with Crippen molar-refractivity contribution in [2.24, 2.45) is 0 Å². The topological polar surface area (TPSA) is 46.5 Å². The summed E-state index contributed by atoms with van der Waals surface area (Å²) >= 11 is 0. The predicted molar refractivity (Wildman–Crippen MR) is 33.8 cm³/mol. The summed E-state index contributed by atoms with van der Waals surface area (Å²) in [5.41, 5.74) is 0. The largest absolute Gasteiger partial charge is 0.520 e. The number of rotatable bonds is 0. The van der Waals surface area contributed by atoms with Gasteiger partial charge in [-0.2, -0.15) is 0 Å². The van der Waals surface area contributed by atoms with Crippen LogP contribution in [0.1, 0.15) is 6.92 Å². The minimum atomic E-state index is -1.37. The van der Waals surface area contributed by atoms with E-state index in [0.717, 1.165) is 0 Å². The maximum absolute atomic E-state index is 9.43. The van der Waals surface area contributed by atoms with Gasteiger partial charge in [-0.1, -0.05) is 5.92 Å². The van der Waals surface area contributed by atoms with Crippen molar-refractivity contribution in [3.05, 3.63) is 13.2 Å². The average Bonchev–Trinajstić information content (AvgIpc) is 1.88. The summed E-state index contributed by atoms with van der Waals surface area (Å²) in [5.74, 6) is 2.25. The van der Waals surface area contributed by atoms with Crippen LogP contribution in [-0.2, 0) is 4.74 Å². The van der Waals surface area contributed by atoms with Gasteiger partial charge in [-0.05, 0) is 0 Å². The fourth-order valence-corrected chi connectivity index (χ4v) is 0.0947. The van der Waals surface area contributed by atoms with Gasteiger partial charge < -0.3 is 9.84 Å². The zero-order valence-electron chi connectivity index (χ0n) is 5.18. The molecule has 0 aliphatic heterocycles. The van der Waals surface area contributed by atoms with E-state index in [9.17, 15) is 4.79 Å². The molecule has 0 aliphatic rings. The van der Waals surface area contributed by atoms with E-state index in [1.807, 2.05) is 6.11 Å². The minimum Gasteiger partial charge on any atom is -0.449 e. The lowest BCUT2D eigenvalue weighted by Gasteiger charge is -1.78. The molecule has 0 aromatic heterocycles. The van der Waals surface area contributed by atoms with Crippen LogP contribution in [0.15, 0.2) is 13.2 Å². The highest BCUT2D eigenvalue weighted by Gasteiger charge is 1.86. The summed E-state index contributed by atoms with van der Waals surface area (Å²) in [6.07, 6.45) is 0.532. The summed E-state index contributed by atoms with van der Waals surface area (Å²) in [6.45, 7) is 7.49. The van der Waals surface area contributed by atoms with Crippen molar-refractivity contribution in [2.45, 2.75) is 6.92 Å². The van der Waals surface area contributed by atoms with Gasteiger partial charge in [0.1, 0.15) is 6.11 Å². The van der Waals surface area contributed by atoms with Gasteiger partial charge in [-0.25, -0.2) is 4.79 Å². The molecular weight excluding hydrogens is 120 g/mol. The maximum Gasteiger partial charge on any atom is 0.520 e. The van der Waals surface area contributed by atoms with Crippen LogP contribution in [0.2, 0.25) is 0 Å². The van der Waals surface area contributed by atoms with Crippen LogP contribution in [0.4, 0.5) is 4.79 Å². The fraction of sp³-hybridized carbons (Fsp3) is 0.167. The van der Waals surface area contributed by atoms with Crippen LogP contribution in [-0.4, -0.2) is 11.3 Å². The van der Waals surface area contributed by atoms with Crippen LogP contribution in [0.5, 0.6) is 0 Å². The predicted octanol–water partition coefficient (Wildman–Crippen LogP) is 1.46. The van der Waals surface area contributed by atoms with E-state index >= 15 is 0 Å². The van der Waals surface area contributed by atoms with Crippen molar-refractivity contribution < 1.29 is 14.6 Å². The Morgan fingerprint density at radius 2 is 2.11 bits per heavy atom. The van der Waals surface area contributed by atoms with E-state index in [1.165, 1.54) is 6.92 Å². The second-order valence-electron chi connectivity index (χ2n) is 0.720. The molecule has 3 heteroatoms. The third kappa shape index (κ3) is 20.8. The molecule has 0 fully saturated rings. The first-order valence-corrected chi connectivity index (χ1v) is 2.09. The lowest BCUT2D eigenvalue weighted by molar-refractivity contribution is 0.134. The Bertz CT molecular complexity index is 129. The average molecular weight is 128 g/mol. The normalized spacial score (nSPS) is 5.00. The van der Waals surface area contributed by atoms with Crippen LogP contribution in [0, 0.1) is 12.0 Å². The number of ether oxygens (including phenoxy) is 1. The number of hydrogen-bond donors (Lipinski definition) is 1. The summed E-state index contributed by atoms with van der Waals surface area (Å²) in [5, 5.41) is 7.72. The molecule has 0 aromatic carbocycles. The molecule has 0 saturated carbocycles. The molecule has 0 unspecified atom stereocenters. The first-order chi connectivity index (χ1) is 4.27. The summed E-state index contributed by atoms with van der Waals surface area (Å²) in [6, 6.07) is 0. The summed E-state index contributed by atoms with van der Waals surface area (Å²) < 4.78 is 3.75. The van der Waals surface area contributed by atoms with Crippen molar-refractivity contribution >= 4 is 6.16 Å². The molecular formula is C6H8O3. The zero-order chi connectivity index (χ0) is 7.70. The third-order valence-corrected chi connectivity index (χ3v) is 0.240. The molecule has 1 N–H and O–H groups in total. The molecule has 0 heterocycles. The monoisotopic (exact) mass is 128 g/mol. The lowest BCUT2D eigenvalue weighted by Crippen LogP contribution is -1.91. The molecule has 0 aliphatic carbocycles. The van der Waals surface area contributed by atoms with Crippen molar-refractivity contribution in [3.63, 3.8) is 0 Å². The molecule has 0 bridgehead atoms. The molecule has 50 valence electrons. The highest BCUT2D eigenvalue weighted by Crippen LogP contribution is 1.67. The van der Waals surface area contributed by atoms with E-state index in [0.29, 0.717) is 0 Å². The van der Waals surface area contributed by atoms with Crippen LogP contribution in [0.25, 0.3) is 0 Å². The van der Waals surface area contributed by atoms with Gasteiger partial charge in [0.05, 0.1) is 0 Å². The van der Waals surface area contributed by atoms with Crippen LogP contribution >= 0.6 is 0 Å². The molecule has 0 radical (unpaired) electrons. The molecule has 9 heavy (non-hydrogen) atoms. The Balaban J connectivity index is 0. The molecule has 0 atom stereocenters. The van der Waals surface area contributed by atoms with E-state index < -0.39 is 6.16 Å². The van der Waals surface area contributed by atoms with E-state index in [-0.39, 0.29) is 0 Å². The first-order valence-electron chi connectivity index (χ1n) is 2.09. The Hall–Kier alpha value is -1.43. The van der Waals surface area contributed by atoms with Crippen LogP contribution < -0.4 is 0 Å². The number of carboxylic acid groups (broad SMARTS) is 1. The van der Waals surface area contributed by atoms with E-state index in [1.54, 1.807) is 0 Å². The van der Waals surface area contributed by atoms with Gasteiger partial charge in [0.25, 0.3) is 0 Å². The van der Waals surface area contributed by atoms with Gasteiger partial charge in [0, 0.05) is 6.92 Å². The molecule has 3 nitrogen and oxygen atoms in total. The maximum atomic E-state index is 9.43. The first kappa shape index (κ1) is 10.5. The molecule has 0 aromatic rings. The van der Waals surface area contributed by atoms with E-state index in [2.05, 4.69) is 23.8 Å². The van der Waals surface area contributed by atoms with Crippen molar-refractivity contribution in [1.29, 1.82) is 0 Å². The quantitative estimate of drug-likeness (QED) is 0.305. The van der Waals surface area contributed by atoms with Gasteiger partial charge in [0.15, 0.2) is 0 Å². The zero-order valence-corrected chi connectivity index (χ0v) is 5.18. The molecule has 0 amide bonds. The number of hydrogen-bond acceptors (Lipinski definition) is 2. The standard InChI is InChI=1S/C4H4O3.C2H4/c1-2-3-7-4(5)6;1-2/h1H3,(H,5,6);1-2H2. The van der Waals surface area contributed by atoms with Crippen molar-refractivity contribution in [3.8, 4) is 12.0 Å². The highest BCUT2D eigenvalue weighted by molar-refractivity contribution is 5.58. The Morgan fingerprint density at radius 1 is 1.67 bits per heavy atom. The SMILES string of the molecule is C=C.CC#COC(=O)O. The van der Waals surface area contributed by atoms with Gasteiger partial charge >= 0.3 is 6.16 Å². The molecule has 0 rings (SSSR count). The van der Waals surface area contributed by atoms with E-state index in [4.69, 9.17) is 5.11 Å². The Morgan fingerprint density at radius 3 is 2.22 bits per heavy atom. The summed E-state index contributed by atoms with van der Waals surface area (Å²) in [4.78, 5) is 9.43. The lowest BCUT2D eigenvalue weighted by atomic mass is 10.8. The second kappa shape index (κ2) is 9.76. The van der Waals surface area contributed by atoms with Gasteiger partial charge in [0.2, 0.25) is 0 Å². The fourth-order valence-electron chi connectivity index (χ4n) is 0.0947. The van der Waals surface area contributed by atoms with Crippen LogP contribution in [0.3, 0.4) is 0 Å². The Labute approximate surface area is 53.9 Å². The highest BCUT2D eigenvalue weighted by atomic mass is 16.7. The molecule has 0 saturated heterocycles. The smallest absolute Gasteiger partial charge is 0.449 e. The van der Waals surface area contributed by atoms with Gasteiger partial charge in [-0.15, -0.1) is 13.2 Å². The minimum absolute atomic E-state index is 1.37. The van der Waals surface area contributed by atoms with Crippen molar-refractivity contribution in [2.75, 3.05) is 0 Å². The number of carbonyl (C=O) groups is 1. The van der Waals surface area contributed by atoms with Gasteiger partial charge in [-0.3, -0.25) is 0 Å². The molecule has 0 spiro atoms.